The fraction of sp³-hybridized carbons (Fsp3) is 0.125. The molecule has 4 heteroatoms. The van der Waals surface area contributed by atoms with E-state index in [1.54, 1.807) is 0 Å². The minimum Gasteiger partial charge on any atom is -0.325 e. The maximum Gasteiger partial charge on any atom is 0.240 e. The molecule has 0 saturated carbocycles. The highest BCUT2D eigenvalue weighted by Crippen LogP contribution is 2.41. The summed E-state index contributed by atoms with van der Waals surface area (Å²) in [4.78, 5) is 25.2. The molecule has 0 fully saturated rings. The summed E-state index contributed by atoms with van der Waals surface area (Å²) in [5.41, 5.74) is 2.63. The first-order chi connectivity index (χ1) is 9.65. The maximum atomic E-state index is 12.3. The Labute approximate surface area is 121 Å². The van der Waals surface area contributed by atoms with Crippen LogP contribution in [0.2, 0.25) is 0 Å². The Morgan fingerprint density at radius 2 is 1.80 bits per heavy atom. The van der Waals surface area contributed by atoms with Crippen LogP contribution in [0.25, 0.3) is 0 Å². The molecule has 0 bridgehead atoms. The van der Waals surface area contributed by atoms with E-state index < -0.39 is 5.92 Å². The molecule has 1 aliphatic heterocycles. The summed E-state index contributed by atoms with van der Waals surface area (Å²) in [6.07, 6.45) is 0. The highest BCUT2D eigenvalue weighted by Gasteiger charge is 2.36. The summed E-state index contributed by atoms with van der Waals surface area (Å²) in [6.45, 7) is 1.99. The van der Waals surface area contributed by atoms with Crippen molar-refractivity contribution >= 4 is 28.5 Å². The van der Waals surface area contributed by atoms with E-state index in [-0.39, 0.29) is 11.0 Å². The number of amides is 1. The molecule has 3 nitrogen and oxygen atoms in total. The van der Waals surface area contributed by atoms with Crippen molar-refractivity contribution in [2.24, 2.45) is 0 Å². The predicted molar refractivity (Wildman–Crippen MR) is 79.9 cm³/mol. The van der Waals surface area contributed by atoms with Crippen LogP contribution in [0, 0.1) is 6.92 Å². The lowest BCUT2D eigenvalue weighted by Crippen LogP contribution is -2.23. The van der Waals surface area contributed by atoms with Gasteiger partial charge in [-0.15, -0.1) is 0 Å². The predicted octanol–water partition coefficient (Wildman–Crippen LogP) is 3.35. The average Bonchev–Trinajstić information content (AvgIpc) is 2.77. The van der Waals surface area contributed by atoms with Crippen LogP contribution in [0.1, 0.15) is 17.0 Å². The first-order valence-electron chi connectivity index (χ1n) is 6.33. The van der Waals surface area contributed by atoms with Crippen molar-refractivity contribution in [2.45, 2.75) is 17.7 Å². The summed E-state index contributed by atoms with van der Waals surface area (Å²) in [5.74, 6) is -0.978. The highest BCUT2D eigenvalue weighted by atomic mass is 32.2. The summed E-state index contributed by atoms with van der Waals surface area (Å²) >= 11 is 1.14. The number of thioether (sulfide) groups is 1. The van der Waals surface area contributed by atoms with Gasteiger partial charge in [-0.25, -0.2) is 0 Å². The molecule has 0 saturated heterocycles. The molecule has 0 aliphatic carbocycles. The number of nitrogens with one attached hydrogen (secondary N) is 1. The van der Waals surface area contributed by atoms with Crippen LogP contribution in [-0.4, -0.2) is 11.0 Å². The lowest BCUT2D eigenvalue weighted by atomic mass is 10.00. The third kappa shape index (κ3) is 2.34. The molecule has 1 amide bonds. The normalized spacial score (nSPS) is 16.9. The summed E-state index contributed by atoms with van der Waals surface area (Å²) < 4.78 is 0. The fourth-order valence-corrected chi connectivity index (χ4v) is 3.22. The van der Waals surface area contributed by atoms with Gasteiger partial charge in [0, 0.05) is 10.6 Å². The molecule has 100 valence electrons. The Bertz CT molecular complexity index is 679. The molecule has 1 unspecified atom stereocenters. The van der Waals surface area contributed by atoms with Crippen LogP contribution in [0.4, 0.5) is 5.69 Å². The molecule has 1 atom stereocenters. The molecular weight excluding hydrogens is 270 g/mol. The smallest absolute Gasteiger partial charge is 0.240 e. The van der Waals surface area contributed by atoms with Crippen LogP contribution in [0.15, 0.2) is 53.4 Å². The number of aryl methyl sites for hydroxylation is 1. The van der Waals surface area contributed by atoms with Crippen LogP contribution in [-0.2, 0) is 9.59 Å². The lowest BCUT2D eigenvalue weighted by molar-refractivity contribution is -0.123. The summed E-state index contributed by atoms with van der Waals surface area (Å²) in [5, 5.41) is 2.69. The number of hydrogen-bond acceptors (Lipinski definition) is 3. The van der Waals surface area contributed by atoms with Crippen molar-refractivity contribution in [1.29, 1.82) is 0 Å². The van der Waals surface area contributed by atoms with Gasteiger partial charge in [-0.2, -0.15) is 0 Å². The van der Waals surface area contributed by atoms with E-state index in [1.807, 2.05) is 55.5 Å². The van der Waals surface area contributed by atoms with Gasteiger partial charge in [-0.3, -0.25) is 9.59 Å². The minimum atomic E-state index is -0.711. The van der Waals surface area contributed by atoms with Crippen molar-refractivity contribution < 1.29 is 9.59 Å². The van der Waals surface area contributed by atoms with Crippen LogP contribution in [0.5, 0.6) is 0 Å². The quantitative estimate of drug-likeness (QED) is 0.860. The Morgan fingerprint density at radius 1 is 1.10 bits per heavy atom. The molecule has 3 rings (SSSR count). The number of anilines is 1. The molecule has 0 radical (unpaired) electrons. The van der Waals surface area contributed by atoms with Crippen molar-refractivity contribution in [1.82, 2.24) is 0 Å². The van der Waals surface area contributed by atoms with E-state index in [1.165, 1.54) is 0 Å². The second-order valence-corrected chi connectivity index (χ2v) is 5.79. The van der Waals surface area contributed by atoms with Crippen molar-refractivity contribution in [3.63, 3.8) is 0 Å². The molecule has 2 aromatic carbocycles. The Kier molecular flexibility index (Phi) is 3.32. The number of rotatable bonds is 2. The fourth-order valence-electron chi connectivity index (χ4n) is 2.21. The molecule has 0 spiro atoms. The first kappa shape index (κ1) is 12.9. The third-order valence-electron chi connectivity index (χ3n) is 3.26. The van der Waals surface area contributed by atoms with Gasteiger partial charge in [0.05, 0.1) is 0 Å². The van der Waals surface area contributed by atoms with Gasteiger partial charge in [-0.05, 0) is 30.7 Å². The van der Waals surface area contributed by atoms with Crippen LogP contribution in [0.3, 0.4) is 0 Å². The third-order valence-corrected chi connectivity index (χ3v) is 4.29. The molecule has 1 heterocycles. The number of hydrogen-bond donors (Lipinski definition) is 1. The Balaban J connectivity index is 1.84. The molecule has 0 aromatic heterocycles. The van der Waals surface area contributed by atoms with E-state index in [2.05, 4.69) is 5.32 Å². The van der Waals surface area contributed by atoms with Gasteiger partial charge in [0.15, 0.2) is 0 Å². The van der Waals surface area contributed by atoms with E-state index in [4.69, 9.17) is 0 Å². The summed E-state index contributed by atoms with van der Waals surface area (Å²) in [7, 11) is 0. The molecular formula is C16H13NO2S. The van der Waals surface area contributed by atoms with E-state index in [0.29, 0.717) is 5.69 Å². The summed E-state index contributed by atoms with van der Waals surface area (Å²) in [6, 6.07) is 15.0. The molecule has 2 aromatic rings. The zero-order valence-electron chi connectivity index (χ0n) is 10.9. The van der Waals surface area contributed by atoms with E-state index in [9.17, 15) is 9.59 Å². The van der Waals surface area contributed by atoms with Gasteiger partial charge >= 0.3 is 0 Å². The first-order valence-corrected chi connectivity index (χ1v) is 7.15. The standard InChI is InChI=1S/C16H13NO2S/c1-10-6-8-11(9-7-10)17-15(18)14-12-4-2-3-5-13(12)20-16(14)19/h2-9,14H,1H3,(H,17,18). The van der Waals surface area contributed by atoms with Gasteiger partial charge in [0.2, 0.25) is 11.0 Å². The number of fused-ring (bicyclic) bond motifs is 1. The number of carbonyl (C=O) groups excluding carboxylic acids is 2. The van der Waals surface area contributed by atoms with E-state index in [0.717, 1.165) is 27.8 Å². The molecule has 1 aliphatic rings. The Hall–Kier alpha value is -2.07. The second kappa shape index (κ2) is 5.13. The van der Waals surface area contributed by atoms with Gasteiger partial charge in [-0.1, -0.05) is 47.7 Å². The van der Waals surface area contributed by atoms with Gasteiger partial charge in [0.25, 0.3) is 0 Å². The molecule has 20 heavy (non-hydrogen) atoms. The highest BCUT2D eigenvalue weighted by molar-refractivity contribution is 8.14. The zero-order valence-corrected chi connectivity index (χ0v) is 11.7. The van der Waals surface area contributed by atoms with Crippen molar-refractivity contribution in [2.75, 3.05) is 5.32 Å². The van der Waals surface area contributed by atoms with E-state index >= 15 is 0 Å². The maximum absolute atomic E-state index is 12.3. The lowest BCUT2D eigenvalue weighted by Gasteiger charge is -2.10. The number of benzene rings is 2. The molecule has 1 N–H and O–H groups in total. The van der Waals surface area contributed by atoms with Crippen LogP contribution < -0.4 is 5.32 Å². The van der Waals surface area contributed by atoms with Crippen LogP contribution >= 0.6 is 11.8 Å². The van der Waals surface area contributed by atoms with Gasteiger partial charge in [0.1, 0.15) is 5.92 Å². The average molecular weight is 283 g/mol. The van der Waals surface area contributed by atoms with Crippen molar-refractivity contribution in [3.05, 3.63) is 59.7 Å². The largest absolute Gasteiger partial charge is 0.325 e. The zero-order chi connectivity index (χ0) is 14.1. The minimum absolute atomic E-state index is 0.115. The monoisotopic (exact) mass is 283 g/mol. The van der Waals surface area contributed by atoms with Gasteiger partial charge < -0.3 is 5.32 Å². The second-order valence-electron chi connectivity index (χ2n) is 4.75. The Morgan fingerprint density at radius 3 is 2.55 bits per heavy atom. The topological polar surface area (TPSA) is 46.2 Å². The SMILES string of the molecule is Cc1ccc(NC(=O)C2C(=O)Sc3ccccc32)cc1. The number of carbonyl (C=O) groups is 2. The van der Waals surface area contributed by atoms with Crippen molar-refractivity contribution in [3.8, 4) is 0 Å².